The van der Waals surface area contributed by atoms with E-state index in [1.807, 2.05) is 0 Å². The first-order valence-electron chi connectivity index (χ1n) is 6.75. The van der Waals surface area contributed by atoms with Gasteiger partial charge in [-0.2, -0.15) is 5.10 Å². The van der Waals surface area contributed by atoms with Gasteiger partial charge in [0.05, 0.1) is 6.54 Å². The third-order valence-electron chi connectivity index (χ3n) is 3.54. The van der Waals surface area contributed by atoms with E-state index in [-0.39, 0.29) is 12.2 Å². The minimum atomic E-state index is -0.645. The fraction of sp³-hybridized carbons (Fsp3) is 0.429. The van der Waals surface area contributed by atoms with Gasteiger partial charge in [-0.3, -0.25) is 4.57 Å². The molecule has 4 nitrogen and oxygen atoms in total. The molecule has 1 aliphatic rings. The Bertz CT molecular complexity index is 670. The summed E-state index contributed by atoms with van der Waals surface area (Å²) >= 11 is 0. The molecule has 1 aromatic carbocycles. The van der Waals surface area contributed by atoms with Crippen LogP contribution in [0.1, 0.15) is 30.7 Å². The molecule has 0 aliphatic carbocycles. The molecule has 2 aromatic rings. The van der Waals surface area contributed by atoms with Crippen molar-refractivity contribution in [2.24, 2.45) is 0 Å². The fourth-order valence-electron chi connectivity index (χ4n) is 2.60. The summed E-state index contributed by atoms with van der Waals surface area (Å²) in [6.45, 7) is 0.763. The molecule has 0 unspecified atom stereocenters. The average molecular weight is 279 g/mol. The number of aryl methyl sites for hydroxylation is 1. The highest BCUT2D eigenvalue weighted by Gasteiger charge is 2.16. The molecule has 0 N–H and O–H groups in total. The van der Waals surface area contributed by atoms with E-state index in [1.54, 1.807) is 4.57 Å². The van der Waals surface area contributed by atoms with E-state index < -0.39 is 11.6 Å². The van der Waals surface area contributed by atoms with Gasteiger partial charge in [0.1, 0.15) is 17.5 Å². The second-order valence-electron chi connectivity index (χ2n) is 5.10. The van der Waals surface area contributed by atoms with Gasteiger partial charge in [0, 0.05) is 19.0 Å². The van der Waals surface area contributed by atoms with Crippen molar-refractivity contribution in [3.8, 4) is 0 Å². The summed E-state index contributed by atoms with van der Waals surface area (Å²) in [6.07, 6.45) is 3.86. The van der Waals surface area contributed by atoms with Gasteiger partial charge in [0.25, 0.3) is 0 Å². The van der Waals surface area contributed by atoms with Gasteiger partial charge in [-0.1, -0.05) is 6.42 Å². The Morgan fingerprint density at radius 1 is 1.10 bits per heavy atom. The quantitative estimate of drug-likeness (QED) is 0.844. The molecule has 3 rings (SSSR count). The van der Waals surface area contributed by atoms with E-state index in [0.717, 1.165) is 37.6 Å². The molecule has 6 heteroatoms. The molecule has 20 heavy (non-hydrogen) atoms. The normalized spacial score (nSPS) is 14.9. The van der Waals surface area contributed by atoms with Crippen LogP contribution in [-0.2, 0) is 19.5 Å². The van der Waals surface area contributed by atoms with Crippen LogP contribution in [0.3, 0.4) is 0 Å². The van der Waals surface area contributed by atoms with Crippen molar-refractivity contribution in [3.05, 3.63) is 51.7 Å². The van der Waals surface area contributed by atoms with Crippen LogP contribution < -0.4 is 5.69 Å². The van der Waals surface area contributed by atoms with Crippen LogP contribution in [0.2, 0.25) is 0 Å². The van der Waals surface area contributed by atoms with Crippen molar-refractivity contribution >= 4 is 0 Å². The highest BCUT2D eigenvalue weighted by molar-refractivity contribution is 5.18. The molecule has 1 aliphatic heterocycles. The number of hydrogen-bond acceptors (Lipinski definition) is 2. The van der Waals surface area contributed by atoms with Crippen molar-refractivity contribution in [2.75, 3.05) is 0 Å². The van der Waals surface area contributed by atoms with Crippen molar-refractivity contribution in [2.45, 2.75) is 38.8 Å². The summed E-state index contributed by atoms with van der Waals surface area (Å²) in [4.78, 5) is 12.2. The summed E-state index contributed by atoms with van der Waals surface area (Å²) in [6, 6.07) is 3.26. The Morgan fingerprint density at radius 3 is 2.60 bits per heavy atom. The number of halogens is 2. The SMILES string of the molecule is O=c1n(Cc2cc(F)cc(F)c2)nc2n1CCCCC2. The van der Waals surface area contributed by atoms with Gasteiger partial charge < -0.3 is 0 Å². The summed E-state index contributed by atoms with van der Waals surface area (Å²) in [5.41, 5.74) is 0.199. The van der Waals surface area contributed by atoms with Gasteiger partial charge in [-0.05, 0) is 30.5 Å². The lowest BCUT2D eigenvalue weighted by molar-refractivity contribution is 0.564. The third-order valence-corrected chi connectivity index (χ3v) is 3.54. The lowest BCUT2D eigenvalue weighted by atomic mass is 10.2. The molecule has 0 saturated carbocycles. The minimum absolute atomic E-state index is 0.0908. The van der Waals surface area contributed by atoms with Gasteiger partial charge >= 0.3 is 5.69 Å². The number of nitrogens with zero attached hydrogens (tertiary/aromatic N) is 3. The van der Waals surface area contributed by atoms with E-state index in [9.17, 15) is 13.6 Å². The number of aromatic nitrogens is 3. The zero-order valence-electron chi connectivity index (χ0n) is 11.0. The Labute approximate surface area is 114 Å². The second-order valence-corrected chi connectivity index (χ2v) is 5.10. The molecule has 0 fully saturated rings. The largest absolute Gasteiger partial charge is 0.346 e. The maximum absolute atomic E-state index is 13.2. The van der Waals surface area contributed by atoms with Crippen molar-refractivity contribution in [1.82, 2.24) is 14.3 Å². The van der Waals surface area contributed by atoms with Crippen LogP contribution >= 0.6 is 0 Å². The van der Waals surface area contributed by atoms with Gasteiger partial charge in [0.2, 0.25) is 0 Å². The minimum Gasteiger partial charge on any atom is -0.279 e. The molecular formula is C14H15F2N3O. The Morgan fingerprint density at radius 2 is 1.85 bits per heavy atom. The molecule has 0 atom stereocenters. The third kappa shape index (κ3) is 2.50. The lowest BCUT2D eigenvalue weighted by Gasteiger charge is -2.02. The van der Waals surface area contributed by atoms with Crippen molar-refractivity contribution in [1.29, 1.82) is 0 Å². The number of rotatable bonds is 2. The standard InChI is InChI=1S/C14H15F2N3O/c15-11-6-10(7-12(16)8-11)9-19-14(20)18-5-3-1-2-4-13(18)17-19/h6-8H,1-5,9H2. The van der Waals surface area contributed by atoms with E-state index >= 15 is 0 Å². The fourth-order valence-corrected chi connectivity index (χ4v) is 2.60. The molecule has 0 saturated heterocycles. The van der Waals surface area contributed by atoms with Crippen molar-refractivity contribution in [3.63, 3.8) is 0 Å². The van der Waals surface area contributed by atoms with Gasteiger partial charge in [-0.25, -0.2) is 18.3 Å². The van der Waals surface area contributed by atoms with Gasteiger partial charge in [0.15, 0.2) is 0 Å². The van der Waals surface area contributed by atoms with E-state index in [0.29, 0.717) is 12.1 Å². The molecular weight excluding hydrogens is 264 g/mol. The molecule has 2 heterocycles. The maximum atomic E-state index is 13.2. The predicted octanol–water partition coefficient (Wildman–Crippen LogP) is 2.10. The van der Waals surface area contributed by atoms with E-state index in [2.05, 4.69) is 5.10 Å². The first kappa shape index (κ1) is 13.0. The van der Waals surface area contributed by atoms with E-state index in [4.69, 9.17) is 0 Å². The molecule has 106 valence electrons. The molecule has 0 amide bonds. The first-order valence-corrected chi connectivity index (χ1v) is 6.75. The van der Waals surface area contributed by atoms with Crippen molar-refractivity contribution < 1.29 is 8.78 Å². The summed E-state index contributed by atoms with van der Waals surface area (Å²) in [5, 5.41) is 4.29. The van der Waals surface area contributed by atoms with Crippen LogP contribution in [-0.4, -0.2) is 14.3 Å². The molecule has 0 bridgehead atoms. The summed E-state index contributed by atoms with van der Waals surface area (Å²) in [5.74, 6) is -0.521. The van der Waals surface area contributed by atoms with Crippen LogP contribution in [0.25, 0.3) is 0 Å². The van der Waals surface area contributed by atoms with Crippen LogP contribution in [0.4, 0.5) is 8.78 Å². The highest BCUT2D eigenvalue weighted by atomic mass is 19.1. The topological polar surface area (TPSA) is 39.8 Å². The molecule has 0 spiro atoms. The molecule has 0 radical (unpaired) electrons. The smallest absolute Gasteiger partial charge is 0.279 e. The van der Waals surface area contributed by atoms with Gasteiger partial charge in [-0.15, -0.1) is 0 Å². The zero-order valence-corrected chi connectivity index (χ0v) is 11.0. The Kier molecular flexibility index (Phi) is 3.38. The summed E-state index contributed by atoms with van der Waals surface area (Å²) in [7, 11) is 0. The Balaban J connectivity index is 1.93. The first-order chi connectivity index (χ1) is 9.63. The second kappa shape index (κ2) is 5.19. The van der Waals surface area contributed by atoms with E-state index in [1.165, 1.54) is 16.8 Å². The predicted molar refractivity (Wildman–Crippen MR) is 69.5 cm³/mol. The number of fused-ring (bicyclic) bond motifs is 1. The lowest BCUT2D eigenvalue weighted by Crippen LogP contribution is -2.25. The van der Waals surface area contributed by atoms with Crippen LogP contribution in [0.15, 0.2) is 23.0 Å². The summed E-state index contributed by atoms with van der Waals surface area (Å²) < 4.78 is 29.3. The van der Waals surface area contributed by atoms with Crippen LogP contribution in [0.5, 0.6) is 0 Å². The highest BCUT2D eigenvalue weighted by Crippen LogP contribution is 2.12. The average Bonchev–Trinajstić information content (AvgIpc) is 2.57. The maximum Gasteiger partial charge on any atom is 0.346 e. The zero-order chi connectivity index (χ0) is 14.1. The monoisotopic (exact) mass is 279 g/mol. The molecule has 1 aromatic heterocycles. The Hall–Kier alpha value is -1.98. The number of benzene rings is 1. The van der Waals surface area contributed by atoms with Crippen LogP contribution in [0, 0.1) is 11.6 Å². The number of hydrogen-bond donors (Lipinski definition) is 0.